The van der Waals surface area contributed by atoms with Gasteiger partial charge in [-0.05, 0) is 18.6 Å². The Balaban J connectivity index is 2.09. The first kappa shape index (κ1) is 10.5. The molecule has 1 aromatic rings. The number of carbonyl (C=O) groups excluding carboxylic acids is 2. The van der Waals surface area contributed by atoms with E-state index in [0.717, 1.165) is 10.6 Å². The number of hydrogen-bond acceptors (Lipinski definition) is 3. The molecule has 1 aromatic carbocycles. The van der Waals surface area contributed by atoms with Gasteiger partial charge in [-0.25, -0.2) is 9.59 Å². The molecular formula is C11H12N2O3. The molecule has 5 heteroatoms. The number of benzene rings is 1. The van der Waals surface area contributed by atoms with Gasteiger partial charge in [0.15, 0.2) is 0 Å². The van der Waals surface area contributed by atoms with Gasteiger partial charge < -0.3 is 10.2 Å². The van der Waals surface area contributed by atoms with Crippen molar-refractivity contribution in [1.29, 1.82) is 0 Å². The fourth-order valence-corrected chi connectivity index (χ4v) is 1.49. The Bertz CT molecular complexity index is 431. The van der Waals surface area contributed by atoms with Gasteiger partial charge in [-0.3, -0.25) is 0 Å². The number of aryl methyl sites for hydroxylation is 1. The second-order valence-corrected chi connectivity index (χ2v) is 3.53. The maximum atomic E-state index is 11.7. The van der Waals surface area contributed by atoms with Crippen LogP contribution >= 0.6 is 0 Å². The molecule has 1 fully saturated rings. The molecule has 0 aliphatic carbocycles. The third-order valence-corrected chi connectivity index (χ3v) is 2.38. The zero-order valence-electron chi connectivity index (χ0n) is 8.90. The first-order chi connectivity index (χ1) is 7.68. The molecule has 84 valence electrons. The average Bonchev–Trinajstić information content (AvgIpc) is 2.65. The van der Waals surface area contributed by atoms with Crippen molar-refractivity contribution in [2.45, 2.75) is 6.92 Å². The normalized spacial score (nSPS) is 14.8. The second-order valence-electron chi connectivity index (χ2n) is 3.53. The van der Waals surface area contributed by atoms with Crippen LogP contribution in [0, 0.1) is 6.92 Å². The highest BCUT2D eigenvalue weighted by Crippen LogP contribution is 2.10. The molecule has 0 unspecified atom stereocenters. The van der Waals surface area contributed by atoms with E-state index in [0.29, 0.717) is 18.7 Å². The highest BCUT2D eigenvalue weighted by molar-refractivity contribution is 5.91. The second kappa shape index (κ2) is 4.22. The minimum atomic E-state index is -0.504. The van der Waals surface area contributed by atoms with Gasteiger partial charge in [-0.1, -0.05) is 18.2 Å². The van der Waals surface area contributed by atoms with Gasteiger partial charge in [0.05, 0.1) is 12.1 Å². The van der Waals surface area contributed by atoms with E-state index in [9.17, 15) is 9.59 Å². The summed E-state index contributed by atoms with van der Waals surface area (Å²) in [6.45, 7) is 2.71. The number of carbonyl (C=O) groups is 2. The van der Waals surface area contributed by atoms with Crippen LogP contribution in [0.3, 0.4) is 0 Å². The summed E-state index contributed by atoms with van der Waals surface area (Å²) < 4.78 is 0. The number of hydrogen-bond donors (Lipinski definition) is 1. The molecule has 1 aliphatic rings. The Morgan fingerprint density at radius 2 is 2.19 bits per heavy atom. The predicted octanol–water partition coefficient (Wildman–Crippen LogP) is 1.09. The Kier molecular flexibility index (Phi) is 2.76. The molecule has 0 spiro atoms. The maximum Gasteiger partial charge on any atom is 0.363 e. The quantitative estimate of drug-likeness (QED) is 0.811. The lowest BCUT2D eigenvalue weighted by Crippen LogP contribution is -2.31. The number of nitrogens with zero attached hydrogens (tertiary/aromatic N) is 1. The van der Waals surface area contributed by atoms with Crippen LogP contribution in [0.25, 0.3) is 0 Å². The zero-order chi connectivity index (χ0) is 11.5. The summed E-state index contributed by atoms with van der Waals surface area (Å²) in [7, 11) is 0. The third kappa shape index (κ3) is 1.98. The van der Waals surface area contributed by atoms with Crippen LogP contribution in [0.4, 0.5) is 4.79 Å². The van der Waals surface area contributed by atoms with Crippen molar-refractivity contribution < 1.29 is 14.4 Å². The molecule has 2 amide bonds. The third-order valence-electron chi connectivity index (χ3n) is 2.38. The van der Waals surface area contributed by atoms with Crippen LogP contribution in [0.5, 0.6) is 0 Å². The number of amides is 2. The van der Waals surface area contributed by atoms with Crippen molar-refractivity contribution in [3.63, 3.8) is 0 Å². The van der Waals surface area contributed by atoms with E-state index in [1.165, 1.54) is 0 Å². The maximum absolute atomic E-state index is 11.7. The number of nitrogens with one attached hydrogen (secondary N) is 1. The van der Waals surface area contributed by atoms with Gasteiger partial charge in [-0.15, -0.1) is 0 Å². The molecule has 16 heavy (non-hydrogen) atoms. The van der Waals surface area contributed by atoms with Crippen molar-refractivity contribution in [2.24, 2.45) is 0 Å². The summed E-state index contributed by atoms with van der Waals surface area (Å²) >= 11 is 0. The average molecular weight is 220 g/mol. The molecule has 1 saturated heterocycles. The standard InChI is InChI=1S/C11H12N2O3/c1-8-4-2-3-5-9(8)10(14)16-13-7-6-12-11(13)15/h2-5H,6-7H2,1H3,(H,12,15). The molecular weight excluding hydrogens is 208 g/mol. The van der Waals surface area contributed by atoms with E-state index in [4.69, 9.17) is 4.84 Å². The van der Waals surface area contributed by atoms with Crippen LogP contribution in [0.1, 0.15) is 15.9 Å². The SMILES string of the molecule is Cc1ccccc1C(=O)ON1CCNC1=O. The molecule has 2 rings (SSSR count). The van der Waals surface area contributed by atoms with Crippen molar-refractivity contribution in [3.05, 3.63) is 35.4 Å². The minimum Gasteiger partial charge on any atom is -0.334 e. The highest BCUT2D eigenvalue weighted by Gasteiger charge is 2.24. The van der Waals surface area contributed by atoms with Crippen LogP contribution < -0.4 is 5.32 Å². The van der Waals surface area contributed by atoms with E-state index in [1.54, 1.807) is 12.1 Å². The van der Waals surface area contributed by atoms with Gasteiger partial charge in [0, 0.05) is 6.54 Å². The van der Waals surface area contributed by atoms with E-state index >= 15 is 0 Å². The molecule has 5 nitrogen and oxygen atoms in total. The fraction of sp³-hybridized carbons (Fsp3) is 0.273. The zero-order valence-corrected chi connectivity index (χ0v) is 8.90. The van der Waals surface area contributed by atoms with Crippen LogP contribution in [0.15, 0.2) is 24.3 Å². The molecule has 0 bridgehead atoms. The van der Waals surface area contributed by atoms with Crippen molar-refractivity contribution in [2.75, 3.05) is 13.1 Å². The molecule has 1 aliphatic heterocycles. The summed E-state index contributed by atoms with van der Waals surface area (Å²) in [6, 6.07) is 6.72. The lowest BCUT2D eigenvalue weighted by atomic mass is 10.1. The van der Waals surface area contributed by atoms with E-state index in [-0.39, 0.29) is 6.03 Å². The minimum absolute atomic E-state index is 0.373. The molecule has 0 atom stereocenters. The number of rotatable bonds is 2. The van der Waals surface area contributed by atoms with Gasteiger partial charge >= 0.3 is 12.0 Å². The van der Waals surface area contributed by atoms with Gasteiger partial charge in [0.2, 0.25) is 0 Å². The Morgan fingerprint density at radius 3 is 2.81 bits per heavy atom. The van der Waals surface area contributed by atoms with Crippen molar-refractivity contribution in [1.82, 2.24) is 10.4 Å². The largest absolute Gasteiger partial charge is 0.363 e. The smallest absolute Gasteiger partial charge is 0.334 e. The van der Waals surface area contributed by atoms with Gasteiger partial charge in [-0.2, -0.15) is 5.06 Å². The van der Waals surface area contributed by atoms with E-state index in [2.05, 4.69) is 5.32 Å². The van der Waals surface area contributed by atoms with Crippen molar-refractivity contribution in [3.8, 4) is 0 Å². The van der Waals surface area contributed by atoms with Crippen LogP contribution in [0.2, 0.25) is 0 Å². The molecule has 0 aromatic heterocycles. The summed E-state index contributed by atoms with van der Waals surface area (Å²) in [6.07, 6.45) is 0. The number of urea groups is 1. The first-order valence-electron chi connectivity index (χ1n) is 5.02. The Labute approximate surface area is 93.0 Å². The first-order valence-corrected chi connectivity index (χ1v) is 5.02. The van der Waals surface area contributed by atoms with Crippen molar-refractivity contribution >= 4 is 12.0 Å². The monoisotopic (exact) mass is 220 g/mol. The fourth-order valence-electron chi connectivity index (χ4n) is 1.49. The summed E-state index contributed by atoms with van der Waals surface area (Å²) in [4.78, 5) is 27.9. The van der Waals surface area contributed by atoms with E-state index in [1.807, 2.05) is 19.1 Å². The Morgan fingerprint density at radius 1 is 1.44 bits per heavy atom. The lowest BCUT2D eigenvalue weighted by molar-refractivity contribution is -0.0605. The van der Waals surface area contributed by atoms with Crippen LogP contribution in [-0.4, -0.2) is 30.2 Å². The molecule has 0 saturated carbocycles. The van der Waals surface area contributed by atoms with Crippen LogP contribution in [-0.2, 0) is 4.84 Å². The molecule has 1 heterocycles. The summed E-state index contributed by atoms with van der Waals surface area (Å²) in [5.41, 5.74) is 1.30. The lowest BCUT2D eigenvalue weighted by Gasteiger charge is -2.13. The summed E-state index contributed by atoms with van der Waals surface area (Å²) in [5.74, 6) is -0.504. The molecule has 0 radical (unpaired) electrons. The Hall–Kier alpha value is -2.04. The number of hydroxylamine groups is 2. The summed E-state index contributed by atoms with van der Waals surface area (Å²) in [5, 5.41) is 3.59. The molecule has 1 N–H and O–H groups in total. The topological polar surface area (TPSA) is 58.6 Å². The van der Waals surface area contributed by atoms with Gasteiger partial charge in [0.1, 0.15) is 0 Å². The van der Waals surface area contributed by atoms with Gasteiger partial charge in [0.25, 0.3) is 0 Å². The van der Waals surface area contributed by atoms with E-state index < -0.39 is 5.97 Å². The highest BCUT2D eigenvalue weighted by atomic mass is 16.7. The predicted molar refractivity (Wildman–Crippen MR) is 56.7 cm³/mol.